The lowest BCUT2D eigenvalue weighted by Gasteiger charge is -2.46. The number of aromatic nitrogens is 5. The van der Waals surface area contributed by atoms with E-state index in [0.29, 0.717) is 62.9 Å². The van der Waals surface area contributed by atoms with Crippen LogP contribution in [0.25, 0.3) is 0 Å². The number of anilines is 2. The monoisotopic (exact) mass is 823 g/mol. The summed E-state index contributed by atoms with van der Waals surface area (Å²) < 4.78 is 83.9. The van der Waals surface area contributed by atoms with Gasteiger partial charge in [-0.05, 0) is 86.7 Å². The Morgan fingerprint density at radius 3 is 1.54 bits per heavy atom. The Bertz CT molecular complexity index is 1990. The number of nitrogens with zero attached hydrogens (tertiary/aromatic N) is 7. The van der Waals surface area contributed by atoms with Crippen molar-refractivity contribution in [3.8, 4) is 0 Å². The summed E-state index contributed by atoms with van der Waals surface area (Å²) in [5, 5.41) is 0. The highest BCUT2D eigenvalue weighted by atomic mass is 32.2. The van der Waals surface area contributed by atoms with Crippen LogP contribution in [0.5, 0.6) is 0 Å². The highest BCUT2D eigenvalue weighted by Crippen LogP contribution is 2.44. The van der Waals surface area contributed by atoms with Crippen molar-refractivity contribution in [3.63, 3.8) is 0 Å². The maximum Gasteiger partial charge on any atom is 0.434 e. The predicted molar refractivity (Wildman–Crippen MR) is 203 cm³/mol. The van der Waals surface area contributed by atoms with Gasteiger partial charge in [0.25, 0.3) is 11.1 Å². The lowest BCUT2D eigenvalue weighted by Crippen LogP contribution is -2.48. The molecule has 2 aliphatic rings. The summed E-state index contributed by atoms with van der Waals surface area (Å²) in [5.74, 6) is 0.872. The second-order valence-electron chi connectivity index (χ2n) is 14.5. The molecule has 2 aliphatic heterocycles. The first-order chi connectivity index (χ1) is 26.5. The molecule has 11 nitrogen and oxygen atoms in total. The third-order valence-electron chi connectivity index (χ3n) is 11.2. The minimum atomic E-state index is -4.67. The van der Waals surface area contributed by atoms with Gasteiger partial charge in [-0.25, -0.2) is 9.97 Å². The van der Waals surface area contributed by atoms with E-state index in [1.54, 1.807) is 14.1 Å². The number of piperidine rings is 2. The van der Waals surface area contributed by atoms with Gasteiger partial charge in [0.2, 0.25) is 11.9 Å². The SMILES string of the molecule is Cn1c(N2CCC(CN)(CCC3(CN)CCN(c4ncc(Sc5cccnc5C(F)(F)F)c(=O)n4C)CC3)CC2)ncc(Sc2ccccc2C(F)(F)F)c1=O. The number of rotatable bonds is 11. The number of halogens is 6. The Morgan fingerprint density at radius 2 is 1.09 bits per heavy atom. The third-order valence-corrected chi connectivity index (χ3v) is 13.3. The minimum absolute atomic E-state index is 0.0567. The zero-order chi connectivity index (χ0) is 40.5. The first-order valence-corrected chi connectivity index (χ1v) is 19.7. The van der Waals surface area contributed by atoms with Crippen molar-refractivity contribution in [2.24, 2.45) is 36.4 Å². The molecule has 0 aliphatic carbocycles. The van der Waals surface area contributed by atoms with Gasteiger partial charge < -0.3 is 21.3 Å². The second kappa shape index (κ2) is 16.4. The van der Waals surface area contributed by atoms with Crippen molar-refractivity contribution in [2.45, 2.75) is 70.5 Å². The van der Waals surface area contributed by atoms with Crippen LogP contribution in [0.1, 0.15) is 49.8 Å². The lowest BCUT2D eigenvalue weighted by atomic mass is 9.67. The van der Waals surface area contributed by atoms with Crippen molar-refractivity contribution in [3.05, 3.63) is 87.0 Å². The summed E-state index contributed by atoms with van der Waals surface area (Å²) in [6.07, 6.45) is -0.829. The molecule has 0 saturated carbocycles. The molecule has 0 spiro atoms. The molecule has 2 fully saturated rings. The molecule has 3 aromatic heterocycles. The maximum atomic E-state index is 13.6. The molecular formula is C37H43F6N9O2S2. The quantitative estimate of drug-likeness (QED) is 0.168. The number of benzene rings is 1. The minimum Gasteiger partial charge on any atom is -0.342 e. The van der Waals surface area contributed by atoms with Crippen LogP contribution in [0.15, 0.2) is 84.2 Å². The van der Waals surface area contributed by atoms with E-state index in [9.17, 15) is 35.9 Å². The van der Waals surface area contributed by atoms with Crippen LogP contribution in [0.2, 0.25) is 0 Å². The molecule has 0 radical (unpaired) electrons. The van der Waals surface area contributed by atoms with E-state index in [4.69, 9.17) is 11.5 Å². The summed E-state index contributed by atoms with van der Waals surface area (Å²) in [7, 11) is 3.13. The highest BCUT2D eigenvalue weighted by molar-refractivity contribution is 7.99. The van der Waals surface area contributed by atoms with Gasteiger partial charge in [0, 0.05) is 56.3 Å². The molecule has 0 bridgehead atoms. The van der Waals surface area contributed by atoms with Gasteiger partial charge in [-0.2, -0.15) is 26.3 Å². The molecule has 302 valence electrons. The first kappa shape index (κ1) is 41.6. The van der Waals surface area contributed by atoms with E-state index >= 15 is 0 Å². The Kier molecular flexibility index (Phi) is 12.2. The van der Waals surface area contributed by atoms with Crippen molar-refractivity contribution < 1.29 is 26.3 Å². The summed E-state index contributed by atoms with van der Waals surface area (Å²) >= 11 is 1.43. The normalized spacial score (nSPS) is 17.3. The Balaban J connectivity index is 1.07. The van der Waals surface area contributed by atoms with Gasteiger partial charge in [-0.1, -0.05) is 35.7 Å². The largest absolute Gasteiger partial charge is 0.434 e. The van der Waals surface area contributed by atoms with E-state index < -0.39 is 34.7 Å². The first-order valence-electron chi connectivity index (χ1n) is 18.1. The second-order valence-corrected chi connectivity index (χ2v) is 16.7. The van der Waals surface area contributed by atoms with E-state index in [-0.39, 0.29) is 30.4 Å². The molecule has 4 aromatic rings. The maximum absolute atomic E-state index is 13.6. The summed E-state index contributed by atoms with van der Waals surface area (Å²) in [5.41, 5.74) is 9.75. The molecule has 1 aromatic carbocycles. The molecule has 5 heterocycles. The van der Waals surface area contributed by atoms with Crippen LogP contribution in [0, 0.1) is 10.8 Å². The molecule has 56 heavy (non-hydrogen) atoms. The van der Waals surface area contributed by atoms with E-state index in [1.165, 1.54) is 51.9 Å². The summed E-state index contributed by atoms with van der Waals surface area (Å²) in [6.45, 7) is 3.29. The molecule has 19 heteroatoms. The smallest absolute Gasteiger partial charge is 0.342 e. The van der Waals surface area contributed by atoms with Gasteiger partial charge in [0.1, 0.15) is 0 Å². The van der Waals surface area contributed by atoms with Crippen LogP contribution in [-0.2, 0) is 26.4 Å². The fraction of sp³-hybridized carbons (Fsp3) is 0.486. The van der Waals surface area contributed by atoms with Crippen LogP contribution < -0.4 is 32.4 Å². The van der Waals surface area contributed by atoms with Gasteiger partial charge >= 0.3 is 12.4 Å². The standard InChI is InChI=1S/C37H43F6N9O2S2/c1-49-30(53)27(55-25-7-4-3-6-24(25)36(38,39)40)20-47-32(49)51-16-11-34(22-44,12-17-51)9-10-35(23-45)13-18-52(19-14-35)33-48-21-28(31(54)50(33)2)56-26-8-5-15-46-29(26)37(41,42)43/h3-8,15,20-21H,9-14,16-19,22-23,44-45H2,1-2H3. The molecule has 0 atom stereocenters. The van der Waals surface area contributed by atoms with Gasteiger partial charge in [0.05, 0.1) is 27.7 Å². The van der Waals surface area contributed by atoms with Crippen molar-refractivity contribution >= 4 is 35.4 Å². The van der Waals surface area contributed by atoms with Crippen molar-refractivity contribution in [2.75, 3.05) is 49.1 Å². The summed E-state index contributed by atoms with van der Waals surface area (Å²) in [6, 6.07) is 7.79. The Labute approximate surface area is 327 Å². The zero-order valence-electron chi connectivity index (χ0n) is 30.9. The van der Waals surface area contributed by atoms with Gasteiger partial charge in [-0.15, -0.1) is 0 Å². The van der Waals surface area contributed by atoms with Crippen LogP contribution in [0.4, 0.5) is 38.2 Å². The van der Waals surface area contributed by atoms with E-state index in [1.807, 2.05) is 9.80 Å². The molecule has 0 unspecified atom stereocenters. The van der Waals surface area contributed by atoms with Crippen molar-refractivity contribution in [1.29, 1.82) is 0 Å². The van der Waals surface area contributed by atoms with Crippen molar-refractivity contribution in [1.82, 2.24) is 24.1 Å². The number of hydrogen-bond donors (Lipinski definition) is 2. The average Bonchev–Trinajstić information content (AvgIpc) is 3.18. The molecule has 2 saturated heterocycles. The molecule has 0 amide bonds. The fourth-order valence-electron chi connectivity index (χ4n) is 7.47. The summed E-state index contributed by atoms with van der Waals surface area (Å²) in [4.78, 5) is 43.0. The predicted octanol–water partition coefficient (Wildman–Crippen LogP) is 6.18. The van der Waals surface area contributed by atoms with Gasteiger partial charge in [-0.3, -0.25) is 23.7 Å². The fourth-order valence-corrected chi connectivity index (χ4v) is 9.46. The van der Waals surface area contributed by atoms with E-state index in [0.717, 1.165) is 62.6 Å². The topological polar surface area (TPSA) is 141 Å². The molecule has 4 N–H and O–H groups in total. The van der Waals surface area contributed by atoms with Gasteiger partial charge in [0.15, 0.2) is 5.69 Å². The number of alkyl halides is 6. The number of pyridine rings is 1. The number of hydrogen-bond acceptors (Lipinski definition) is 11. The zero-order valence-corrected chi connectivity index (χ0v) is 32.5. The molecule has 6 rings (SSSR count). The average molecular weight is 824 g/mol. The Hall–Kier alpha value is -4.07. The van der Waals surface area contributed by atoms with Crippen LogP contribution >= 0.6 is 23.5 Å². The number of nitrogens with two attached hydrogens (primary N) is 2. The highest BCUT2D eigenvalue weighted by Gasteiger charge is 2.41. The van der Waals surface area contributed by atoms with Crippen LogP contribution in [-0.4, -0.2) is 63.4 Å². The Morgan fingerprint density at radius 1 is 0.643 bits per heavy atom. The van der Waals surface area contributed by atoms with E-state index in [2.05, 4.69) is 15.0 Å². The molecular weight excluding hydrogens is 781 g/mol. The third kappa shape index (κ3) is 8.74. The lowest BCUT2D eigenvalue weighted by molar-refractivity contribution is -0.143. The van der Waals surface area contributed by atoms with Crippen LogP contribution in [0.3, 0.4) is 0 Å².